The van der Waals surface area contributed by atoms with Gasteiger partial charge in [-0.05, 0) is 41.1 Å². The van der Waals surface area contributed by atoms with Gasteiger partial charge in [0.05, 0.1) is 12.8 Å². The summed E-state index contributed by atoms with van der Waals surface area (Å²) in [6.45, 7) is 0. The minimum absolute atomic E-state index is 0.211. The van der Waals surface area contributed by atoms with Crippen LogP contribution in [0.25, 0.3) is 10.8 Å². The molecule has 0 saturated heterocycles. The van der Waals surface area contributed by atoms with Gasteiger partial charge in [0.1, 0.15) is 5.75 Å². The third-order valence-electron chi connectivity index (χ3n) is 3.59. The SMILES string of the molecule is COc1ccc(N)cc1NC(=O)c1cccc2c(Br)cccc12. The summed E-state index contributed by atoms with van der Waals surface area (Å²) in [7, 11) is 1.55. The van der Waals surface area contributed by atoms with E-state index in [0.29, 0.717) is 22.7 Å². The number of benzene rings is 3. The fraction of sp³-hybridized carbons (Fsp3) is 0.0556. The first-order valence-electron chi connectivity index (χ1n) is 7.02. The molecule has 0 aromatic heterocycles. The average Bonchev–Trinajstić information content (AvgIpc) is 2.55. The minimum Gasteiger partial charge on any atom is -0.495 e. The number of anilines is 2. The molecule has 3 aromatic rings. The third-order valence-corrected chi connectivity index (χ3v) is 4.28. The van der Waals surface area contributed by atoms with Crippen LogP contribution < -0.4 is 15.8 Å². The maximum atomic E-state index is 12.7. The predicted octanol–water partition coefficient (Wildman–Crippen LogP) is 4.45. The molecular weight excluding hydrogens is 356 g/mol. The van der Waals surface area contributed by atoms with Crippen molar-refractivity contribution < 1.29 is 9.53 Å². The molecule has 0 bridgehead atoms. The zero-order valence-electron chi connectivity index (χ0n) is 12.5. The number of halogens is 1. The van der Waals surface area contributed by atoms with E-state index in [9.17, 15) is 4.79 Å². The van der Waals surface area contributed by atoms with E-state index in [-0.39, 0.29) is 5.91 Å². The Morgan fingerprint density at radius 1 is 1.09 bits per heavy atom. The van der Waals surface area contributed by atoms with Crippen molar-refractivity contribution in [2.24, 2.45) is 0 Å². The van der Waals surface area contributed by atoms with Crippen LogP contribution in [0.4, 0.5) is 11.4 Å². The Morgan fingerprint density at radius 3 is 2.61 bits per heavy atom. The lowest BCUT2D eigenvalue weighted by atomic mass is 10.0. The largest absolute Gasteiger partial charge is 0.495 e. The molecule has 23 heavy (non-hydrogen) atoms. The second-order valence-corrected chi connectivity index (χ2v) is 5.91. The number of amides is 1. The lowest BCUT2D eigenvalue weighted by molar-refractivity contribution is 0.102. The van der Waals surface area contributed by atoms with Crippen LogP contribution in [0.2, 0.25) is 0 Å². The van der Waals surface area contributed by atoms with Crippen LogP contribution in [-0.4, -0.2) is 13.0 Å². The van der Waals surface area contributed by atoms with Crippen LogP contribution >= 0.6 is 15.9 Å². The number of hydrogen-bond acceptors (Lipinski definition) is 3. The summed E-state index contributed by atoms with van der Waals surface area (Å²) in [5.74, 6) is 0.353. The number of nitrogens with one attached hydrogen (secondary N) is 1. The van der Waals surface area contributed by atoms with Crippen molar-refractivity contribution in [3.63, 3.8) is 0 Å². The van der Waals surface area contributed by atoms with Gasteiger partial charge in [0.15, 0.2) is 0 Å². The number of ether oxygens (including phenoxy) is 1. The van der Waals surface area contributed by atoms with E-state index in [4.69, 9.17) is 10.5 Å². The van der Waals surface area contributed by atoms with Gasteiger partial charge >= 0.3 is 0 Å². The summed E-state index contributed by atoms with van der Waals surface area (Å²) >= 11 is 3.51. The van der Waals surface area contributed by atoms with E-state index < -0.39 is 0 Å². The molecule has 1 amide bonds. The normalized spacial score (nSPS) is 10.5. The Kier molecular flexibility index (Phi) is 4.21. The van der Waals surface area contributed by atoms with Crippen LogP contribution in [0, 0.1) is 0 Å². The molecule has 5 heteroatoms. The Balaban J connectivity index is 2.02. The summed E-state index contributed by atoms with van der Waals surface area (Å²) in [4.78, 5) is 12.7. The Bertz CT molecular complexity index is 893. The maximum absolute atomic E-state index is 12.7. The third kappa shape index (κ3) is 3.00. The molecule has 4 nitrogen and oxygen atoms in total. The zero-order valence-corrected chi connectivity index (χ0v) is 14.1. The lowest BCUT2D eigenvalue weighted by Crippen LogP contribution is -2.13. The topological polar surface area (TPSA) is 64.3 Å². The predicted molar refractivity (Wildman–Crippen MR) is 97.0 cm³/mol. The first-order chi connectivity index (χ1) is 11.1. The Labute approximate surface area is 142 Å². The number of hydrogen-bond donors (Lipinski definition) is 2. The molecule has 0 saturated carbocycles. The second-order valence-electron chi connectivity index (χ2n) is 5.05. The summed E-state index contributed by atoms with van der Waals surface area (Å²) < 4.78 is 6.22. The second kappa shape index (κ2) is 6.30. The number of carbonyl (C=O) groups excluding carboxylic acids is 1. The molecule has 0 atom stereocenters. The van der Waals surface area contributed by atoms with Gasteiger partial charge in [-0.25, -0.2) is 0 Å². The number of fused-ring (bicyclic) bond motifs is 1. The molecule has 0 fully saturated rings. The van der Waals surface area contributed by atoms with Crippen LogP contribution in [-0.2, 0) is 0 Å². The monoisotopic (exact) mass is 370 g/mol. The first kappa shape index (κ1) is 15.4. The molecule has 0 unspecified atom stereocenters. The van der Waals surface area contributed by atoms with E-state index in [1.807, 2.05) is 30.3 Å². The number of nitrogens with two attached hydrogens (primary N) is 1. The highest BCUT2D eigenvalue weighted by atomic mass is 79.9. The van der Waals surface area contributed by atoms with E-state index in [0.717, 1.165) is 15.2 Å². The quantitative estimate of drug-likeness (QED) is 0.669. The van der Waals surface area contributed by atoms with E-state index in [1.165, 1.54) is 0 Å². The van der Waals surface area contributed by atoms with Crippen LogP contribution in [0.1, 0.15) is 10.4 Å². The van der Waals surface area contributed by atoms with Gasteiger partial charge in [-0.1, -0.05) is 40.2 Å². The molecule has 0 aliphatic heterocycles. The molecule has 116 valence electrons. The fourth-order valence-corrected chi connectivity index (χ4v) is 2.98. The van der Waals surface area contributed by atoms with Gasteiger partial charge in [0, 0.05) is 15.7 Å². The Hall–Kier alpha value is -2.53. The summed E-state index contributed by atoms with van der Waals surface area (Å²) in [5, 5.41) is 4.73. The molecule has 0 spiro atoms. The standard InChI is InChI=1S/C18H15BrN2O2/c1-23-17-9-8-11(20)10-16(17)21-18(22)14-6-2-5-13-12(14)4-3-7-15(13)19/h2-10H,20H2,1H3,(H,21,22). The van der Waals surface area contributed by atoms with Crippen molar-refractivity contribution in [3.05, 3.63) is 64.6 Å². The molecule has 3 rings (SSSR count). The Morgan fingerprint density at radius 2 is 1.83 bits per heavy atom. The summed E-state index contributed by atoms with van der Waals surface area (Å²) in [6.07, 6.45) is 0. The van der Waals surface area contributed by atoms with E-state index in [1.54, 1.807) is 31.4 Å². The van der Waals surface area contributed by atoms with Gasteiger partial charge in [-0.15, -0.1) is 0 Å². The number of carbonyl (C=O) groups is 1. The fourth-order valence-electron chi connectivity index (χ4n) is 2.48. The maximum Gasteiger partial charge on any atom is 0.256 e. The van der Waals surface area contributed by atoms with E-state index in [2.05, 4.69) is 21.2 Å². The highest BCUT2D eigenvalue weighted by Gasteiger charge is 2.13. The van der Waals surface area contributed by atoms with Crippen molar-refractivity contribution in [2.45, 2.75) is 0 Å². The molecule has 3 aromatic carbocycles. The number of rotatable bonds is 3. The van der Waals surface area contributed by atoms with Crippen molar-refractivity contribution in [1.82, 2.24) is 0 Å². The highest BCUT2D eigenvalue weighted by Crippen LogP contribution is 2.29. The lowest BCUT2D eigenvalue weighted by Gasteiger charge is -2.12. The molecule has 3 N–H and O–H groups in total. The molecular formula is C18H15BrN2O2. The number of nitrogen functional groups attached to an aromatic ring is 1. The van der Waals surface area contributed by atoms with Gasteiger partial charge in [-0.2, -0.15) is 0 Å². The molecule has 0 aliphatic rings. The van der Waals surface area contributed by atoms with Gasteiger partial charge in [-0.3, -0.25) is 4.79 Å². The average molecular weight is 371 g/mol. The molecule has 0 radical (unpaired) electrons. The van der Waals surface area contributed by atoms with Crippen LogP contribution in [0.5, 0.6) is 5.75 Å². The van der Waals surface area contributed by atoms with Crippen molar-refractivity contribution in [3.8, 4) is 5.75 Å². The molecule has 0 heterocycles. The summed E-state index contributed by atoms with van der Waals surface area (Å²) in [6, 6.07) is 16.5. The van der Waals surface area contributed by atoms with Crippen LogP contribution in [0.3, 0.4) is 0 Å². The van der Waals surface area contributed by atoms with Gasteiger partial charge < -0.3 is 15.8 Å². The molecule has 0 aliphatic carbocycles. The van der Waals surface area contributed by atoms with Crippen LogP contribution in [0.15, 0.2) is 59.1 Å². The zero-order chi connectivity index (χ0) is 16.4. The van der Waals surface area contributed by atoms with Crippen molar-refractivity contribution >= 4 is 44.0 Å². The van der Waals surface area contributed by atoms with Crippen molar-refractivity contribution in [1.29, 1.82) is 0 Å². The van der Waals surface area contributed by atoms with Gasteiger partial charge in [0.2, 0.25) is 0 Å². The first-order valence-corrected chi connectivity index (χ1v) is 7.81. The summed E-state index contributed by atoms with van der Waals surface area (Å²) in [5.41, 5.74) is 7.49. The smallest absolute Gasteiger partial charge is 0.256 e. The highest BCUT2D eigenvalue weighted by molar-refractivity contribution is 9.10. The van der Waals surface area contributed by atoms with E-state index >= 15 is 0 Å². The van der Waals surface area contributed by atoms with Gasteiger partial charge in [0.25, 0.3) is 5.91 Å². The van der Waals surface area contributed by atoms with Crippen molar-refractivity contribution in [2.75, 3.05) is 18.2 Å². The number of methoxy groups -OCH3 is 1. The minimum atomic E-state index is -0.211.